The van der Waals surface area contributed by atoms with Crippen LogP contribution in [0.2, 0.25) is 10.0 Å². The summed E-state index contributed by atoms with van der Waals surface area (Å²) in [5.74, 6) is -3.74. The fourth-order valence-corrected chi connectivity index (χ4v) is 9.33. The first-order chi connectivity index (χ1) is 39.8. The Labute approximate surface area is 482 Å². The van der Waals surface area contributed by atoms with Gasteiger partial charge in [0, 0.05) is 72.3 Å². The second kappa shape index (κ2) is 27.7. The number of aromatic nitrogens is 8. The van der Waals surface area contributed by atoms with Crippen LogP contribution in [0.4, 0.5) is 31.5 Å². The van der Waals surface area contributed by atoms with Crippen molar-refractivity contribution in [3.63, 3.8) is 0 Å². The molecule has 0 bridgehead atoms. The van der Waals surface area contributed by atoms with Crippen LogP contribution in [0.5, 0.6) is 0 Å². The van der Waals surface area contributed by atoms with Crippen molar-refractivity contribution >= 4 is 103 Å². The first-order valence-electron chi connectivity index (χ1n) is 25.9. The molecular formula is C56H56Cl2F2N14O9. The molecule has 8 aromatic rings. The quantitative estimate of drug-likeness (QED) is 0.0388. The summed E-state index contributed by atoms with van der Waals surface area (Å²) >= 11 is 11.5. The molecule has 4 aromatic carbocycles. The number of rotatable bonds is 20. The maximum Gasteiger partial charge on any atom is 0.325 e. The number of aliphatic hydroxyl groups is 2. The van der Waals surface area contributed by atoms with Gasteiger partial charge in [0.15, 0.2) is 11.6 Å². The Kier molecular flexibility index (Phi) is 20.1. The van der Waals surface area contributed by atoms with Gasteiger partial charge in [-0.2, -0.15) is 10.2 Å². The highest BCUT2D eigenvalue weighted by Crippen LogP contribution is 2.30. The zero-order valence-corrected chi connectivity index (χ0v) is 46.1. The molecule has 0 unspecified atom stereocenters. The maximum absolute atomic E-state index is 14.2. The Morgan fingerprint density at radius 3 is 1.53 bits per heavy atom. The number of hydrogen-bond acceptors (Lipinski definition) is 17. The molecule has 23 nitrogen and oxygen atoms in total. The Morgan fingerprint density at radius 2 is 1.08 bits per heavy atom. The number of Topliss-reactive ketones (excluding diaryl/α,β-unsaturated/α-hetero) is 2. The van der Waals surface area contributed by atoms with Crippen LogP contribution in [-0.4, -0.2) is 132 Å². The Hall–Kier alpha value is -8.88. The van der Waals surface area contributed by atoms with Crippen LogP contribution in [0.15, 0.2) is 110 Å². The van der Waals surface area contributed by atoms with Crippen LogP contribution in [0.25, 0.3) is 21.8 Å². The molecule has 4 aromatic heterocycles. The van der Waals surface area contributed by atoms with Crippen molar-refractivity contribution < 1.29 is 52.9 Å². The van der Waals surface area contributed by atoms with Gasteiger partial charge >= 0.3 is 5.97 Å². The molecule has 4 heterocycles. The largest absolute Gasteiger partial charge is 0.480 e. The molecule has 2 fully saturated rings. The summed E-state index contributed by atoms with van der Waals surface area (Å²) in [5, 5.41) is 52.1. The number of halogens is 4. The molecule has 0 atom stereocenters. The first kappa shape index (κ1) is 60.2. The number of amides is 3. The van der Waals surface area contributed by atoms with Crippen LogP contribution in [0.3, 0.4) is 0 Å². The number of carbonyl (C=O) groups excluding carboxylic acids is 5. The van der Waals surface area contributed by atoms with Crippen molar-refractivity contribution in [1.82, 2.24) is 60.3 Å². The number of aliphatic hydroxyl groups excluding tert-OH is 2. The topological polar surface area (TPSA) is 314 Å². The molecule has 3 amide bonds. The summed E-state index contributed by atoms with van der Waals surface area (Å²) in [5.41, 5.74) is 4.95. The molecule has 83 heavy (non-hydrogen) atoms. The third kappa shape index (κ3) is 16.0. The number of carbonyl (C=O) groups is 6. The van der Waals surface area contributed by atoms with E-state index in [0.29, 0.717) is 70.1 Å². The summed E-state index contributed by atoms with van der Waals surface area (Å²) in [7, 11) is 0. The molecule has 27 heteroatoms. The lowest BCUT2D eigenvalue weighted by Crippen LogP contribution is -2.53. The summed E-state index contributed by atoms with van der Waals surface area (Å²) < 4.78 is 30.5. The third-order valence-electron chi connectivity index (χ3n) is 13.3. The summed E-state index contributed by atoms with van der Waals surface area (Å²) in [6, 6.07) is 19.6. The number of hydrogen-bond donors (Lipinski definition) is 8. The van der Waals surface area contributed by atoms with Crippen molar-refractivity contribution in [2.45, 2.75) is 90.0 Å². The second-order valence-electron chi connectivity index (χ2n) is 19.5. The number of carboxylic acids is 1. The van der Waals surface area contributed by atoms with E-state index in [1.54, 1.807) is 79.4 Å². The zero-order chi connectivity index (χ0) is 59.3. The fourth-order valence-electron chi connectivity index (χ4n) is 8.94. The summed E-state index contributed by atoms with van der Waals surface area (Å²) in [6.07, 6.45) is 10.5. The summed E-state index contributed by atoms with van der Waals surface area (Å²) in [6.45, 7) is 2.16. The van der Waals surface area contributed by atoms with Crippen LogP contribution in [0.1, 0.15) is 71.6 Å². The highest BCUT2D eigenvalue weighted by Gasteiger charge is 2.36. The fraction of sp³-hybridized carbons (Fsp3) is 0.286. The third-order valence-corrected chi connectivity index (χ3v) is 13.9. The van der Waals surface area contributed by atoms with Gasteiger partial charge in [-0.3, -0.25) is 38.1 Å². The average molecular weight is 1180 g/mol. The van der Waals surface area contributed by atoms with Crippen LogP contribution >= 0.6 is 23.2 Å². The maximum atomic E-state index is 14.2. The van der Waals surface area contributed by atoms with E-state index in [9.17, 15) is 42.7 Å². The van der Waals surface area contributed by atoms with Gasteiger partial charge in [0.25, 0.3) is 0 Å². The molecule has 0 radical (unpaired) electrons. The molecule has 0 saturated heterocycles. The van der Waals surface area contributed by atoms with Gasteiger partial charge in [-0.05, 0) is 74.2 Å². The smallest absolute Gasteiger partial charge is 0.325 e. The normalized spacial score (nSPS) is 16.0. The average Bonchev–Trinajstić information content (AvgIpc) is 4.25. The Morgan fingerprint density at radius 1 is 0.627 bits per heavy atom. The van der Waals surface area contributed by atoms with E-state index >= 15 is 0 Å². The SMILES string of the molecule is CC(=O)c1nn(CC(=O)N(CC(=O)NCc2cccc(Cl)c2F)C2CC(O)C2)c2ccc(Nc3cncnc3)cc12.CC(=O)c1nn(CC(=O)O)c2ccc(Nc3cncnc3)cc12.O=C(CNC1CC(O)C1)NCc1cccc(Cl)c1F. The lowest BCUT2D eigenvalue weighted by atomic mass is 9.88. The predicted molar refractivity (Wildman–Crippen MR) is 302 cm³/mol. The van der Waals surface area contributed by atoms with Gasteiger partial charge in [0.2, 0.25) is 17.7 Å². The molecule has 2 aliphatic rings. The van der Waals surface area contributed by atoms with Crippen molar-refractivity contribution in [1.29, 1.82) is 0 Å². The van der Waals surface area contributed by atoms with Crippen LogP contribution in [0, 0.1) is 11.6 Å². The molecule has 10 rings (SSSR count). The minimum Gasteiger partial charge on any atom is -0.480 e. The van der Waals surface area contributed by atoms with E-state index in [1.165, 1.54) is 59.0 Å². The Bertz CT molecular complexity index is 3660. The Balaban J connectivity index is 0.000000180. The summed E-state index contributed by atoms with van der Waals surface area (Å²) in [4.78, 5) is 90.1. The van der Waals surface area contributed by atoms with Gasteiger partial charge in [0.1, 0.15) is 48.8 Å². The van der Waals surface area contributed by atoms with Gasteiger partial charge in [-0.1, -0.05) is 47.5 Å². The van der Waals surface area contributed by atoms with Crippen molar-refractivity contribution in [3.8, 4) is 0 Å². The van der Waals surface area contributed by atoms with Gasteiger partial charge in [-0.15, -0.1) is 0 Å². The number of anilines is 4. The molecule has 2 aliphatic carbocycles. The standard InChI is InChI=1S/C28H27ClFN7O4.C15H13N5O3.C13H16ClFN2O2/c1-16(38)28-22-7-18(34-19-11-31-15-32-12-19)5-6-24(22)37(35-28)14-26(41)36(20-8-21(39)9-20)13-25(40)33-10-17-3-2-4-23(29)27(17)30;1-9(21)15-12-4-10(18-11-5-16-8-17-6-11)2-3-13(12)20(19-15)7-14(22)23;14-11-3-1-2-8(13(11)15)6-17-12(19)7-16-9-4-10(18)5-9/h2-7,11-12,15,20-21,34,39H,8-10,13-14H2,1H3,(H,33,40);2-6,8,18H,7H2,1H3,(H,22,23);1-3,9-10,16,18H,4-7H2,(H,17,19). The number of benzene rings is 4. The van der Waals surface area contributed by atoms with E-state index in [0.717, 1.165) is 5.69 Å². The van der Waals surface area contributed by atoms with Gasteiger partial charge in [-0.25, -0.2) is 28.7 Å². The minimum absolute atomic E-state index is 0.0494. The number of nitrogens with zero attached hydrogens (tertiary/aromatic N) is 9. The number of nitrogens with one attached hydrogen (secondary N) is 5. The van der Waals surface area contributed by atoms with E-state index in [2.05, 4.69) is 56.7 Å². The van der Waals surface area contributed by atoms with Crippen molar-refractivity contribution in [3.05, 3.63) is 154 Å². The first-order valence-corrected chi connectivity index (χ1v) is 26.6. The molecule has 0 aliphatic heterocycles. The van der Waals surface area contributed by atoms with Gasteiger partial charge < -0.3 is 46.8 Å². The molecule has 0 spiro atoms. The predicted octanol–water partition coefficient (Wildman–Crippen LogP) is 6.30. The minimum atomic E-state index is -1.02. The van der Waals surface area contributed by atoms with Crippen LogP contribution in [-0.2, 0) is 45.4 Å². The van der Waals surface area contributed by atoms with E-state index in [1.807, 2.05) is 0 Å². The second-order valence-corrected chi connectivity index (χ2v) is 20.3. The number of fused-ring (bicyclic) bond motifs is 2. The number of ketones is 2. The van der Waals surface area contributed by atoms with Gasteiger partial charge in [0.05, 0.1) is 82.5 Å². The number of carboxylic acid groups (broad SMARTS) is 1. The van der Waals surface area contributed by atoms with Crippen molar-refractivity contribution in [2.75, 3.05) is 23.7 Å². The number of aliphatic carboxylic acids is 1. The highest BCUT2D eigenvalue weighted by molar-refractivity contribution is 6.31. The molecule has 8 N–H and O–H groups in total. The lowest BCUT2D eigenvalue weighted by Gasteiger charge is -2.40. The van der Waals surface area contributed by atoms with E-state index in [4.69, 9.17) is 33.4 Å². The molecule has 2 saturated carbocycles. The van der Waals surface area contributed by atoms with E-state index in [-0.39, 0.29) is 102 Å². The monoisotopic (exact) mass is 1180 g/mol. The van der Waals surface area contributed by atoms with Crippen molar-refractivity contribution in [2.24, 2.45) is 0 Å². The van der Waals surface area contributed by atoms with Crippen LogP contribution < -0.4 is 26.6 Å². The molecule has 432 valence electrons. The highest BCUT2D eigenvalue weighted by atomic mass is 35.5. The van der Waals surface area contributed by atoms with E-state index < -0.39 is 35.5 Å². The zero-order valence-electron chi connectivity index (χ0n) is 44.6. The lowest BCUT2D eigenvalue weighted by molar-refractivity contribution is -0.143. The molecular weight excluding hydrogens is 1120 g/mol.